The molecule has 0 unspecified atom stereocenters. The molecule has 19 heavy (non-hydrogen) atoms. The van der Waals surface area contributed by atoms with Gasteiger partial charge in [-0.15, -0.1) is 0 Å². The maximum Gasteiger partial charge on any atom is 0.305 e. The highest BCUT2D eigenvalue weighted by molar-refractivity contribution is 5.69. The molecule has 1 aromatic carbocycles. The zero-order chi connectivity index (χ0) is 14.4. The molecule has 0 atom stereocenters. The predicted molar refractivity (Wildman–Crippen MR) is 65.2 cm³/mol. The van der Waals surface area contributed by atoms with E-state index in [1.807, 2.05) is 0 Å². The van der Waals surface area contributed by atoms with Crippen LogP contribution in [0.3, 0.4) is 0 Å². The first-order valence-corrected chi connectivity index (χ1v) is 6.26. The van der Waals surface area contributed by atoms with Crippen LogP contribution >= 0.6 is 0 Å². The third-order valence-corrected chi connectivity index (χ3v) is 2.85. The van der Waals surface area contributed by atoms with E-state index in [1.54, 1.807) is 6.92 Å². The van der Waals surface area contributed by atoms with Crippen LogP contribution < -0.4 is 0 Å². The van der Waals surface area contributed by atoms with E-state index in [1.165, 1.54) is 6.92 Å². The smallest absolute Gasteiger partial charge is 0.305 e. The summed E-state index contributed by atoms with van der Waals surface area (Å²) < 4.78 is 44.8. The van der Waals surface area contributed by atoms with E-state index in [0.29, 0.717) is 19.4 Å². The van der Waals surface area contributed by atoms with Crippen molar-refractivity contribution in [3.8, 4) is 0 Å². The molecular weight excluding hydrogens is 257 g/mol. The van der Waals surface area contributed by atoms with Crippen molar-refractivity contribution >= 4 is 5.97 Å². The molecule has 0 saturated carbocycles. The first kappa shape index (κ1) is 15.5. The van der Waals surface area contributed by atoms with Crippen LogP contribution in [0.15, 0.2) is 6.07 Å². The van der Waals surface area contributed by atoms with Crippen molar-refractivity contribution in [3.05, 3.63) is 34.6 Å². The average Bonchev–Trinajstić information content (AvgIpc) is 2.38. The molecule has 0 fully saturated rings. The number of esters is 1. The highest BCUT2D eigenvalue weighted by Crippen LogP contribution is 2.20. The molecular formula is C14H17F3O2. The van der Waals surface area contributed by atoms with Gasteiger partial charge in [-0.3, -0.25) is 4.79 Å². The van der Waals surface area contributed by atoms with Gasteiger partial charge in [-0.1, -0.05) is 0 Å². The zero-order valence-corrected chi connectivity index (χ0v) is 11.1. The van der Waals surface area contributed by atoms with Gasteiger partial charge >= 0.3 is 5.97 Å². The SMILES string of the molecule is CCOC(=O)CCCCc1cc(F)c(C)c(F)c1F. The molecule has 5 heteroatoms. The third kappa shape index (κ3) is 4.26. The van der Waals surface area contributed by atoms with Gasteiger partial charge in [0.25, 0.3) is 0 Å². The lowest BCUT2D eigenvalue weighted by molar-refractivity contribution is -0.143. The minimum atomic E-state index is -1.14. The molecule has 0 saturated heterocycles. The summed E-state index contributed by atoms with van der Waals surface area (Å²) in [5, 5.41) is 0. The maximum absolute atomic E-state index is 13.5. The number of hydrogen-bond donors (Lipinski definition) is 0. The summed E-state index contributed by atoms with van der Waals surface area (Å²) in [4.78, 5) is 11.1. The Balaban J connectivity index is 2.53. The fourth-order valence-electron chi connectivity index (χ4n) is 1.73. The van der Waals surface area contributed by atoms with E-state index in [4.69, 9.17) is 4.74 Å². The molecule has 2 nitrogen and oxygen atoms in total. The first-order valence-electron chi connectivity index (χ1n) is 6.26. The number of carbonyl (C=O) groups is 1. The summed E-state index contributed by atoms with van der Waals surface area (Å²) in [6.07, 6.45) is 1.39. The summed E-state index contributed by atoms with van der Waals surface area (Å²) in [6.45, 7) is 3.23. The predicted octanol–water partition coefficient (Wildman–Crippen LogP) is 3.69. The van der Waals surface area contributed by atoms with E-state index >= 15 is 0 Å². The second kappa shape index (κ2) is 7.16. The van der Waals surface area contributed by atoms with Crippen LogP contribution in [-0.4, -0.2) is 12.6 Å². The van der Waals surface area contributed by atoms with Gasteiger partial charge in [0, 0.05) is 12.0 Å². The molecule has 0 bridgehead atoms. The fourth-order valence-corrected chi connectivity index (χ4v) is 1.73. The molecule has 0 N–H and O–H groups in total. The van der Waals surface area contributed by atoms with Gasteiger partial charge in [0.15, 0.2) is 11.6 Å². The lowest BCUT2D eigenvalue weighted by Crippen LogP contribution is -2.04. The number of unbranched alkanes of at least 4 members (excludes halogenated alkanes) is 1. The van der Waals surface area contributed by atoms with Crippen molar-refractivity contribution in [1.82, 2.24) is 0 Å². The van der Waals surface area contributed by atoms with Crippen LogP contribution in [-0.2, 0) is 16.0 Å². The summed E-state index contributed by atoms with van der Waals surface area (Å²) in [6, 6.07) is 1.01. The Hall–Kier alpha value is -1.52. The van der Waals surface area contributed by atoms with Crippen LogP contribution in [0.4, 0.5) is 13.2 Å². The topological polar surface area (TPSA) is 26.3 Å². The Morgan fingerprint density at radius 3 is 2.53 bits per heavy atom. The molecule has 0 aromatic heterocycles. The van der Waals surface area contributed by atoms with E-state index in [9.17, 15) is 18.0 Å². The second-order valence-corrected chi connectivity index (χ2v) is 4.28. The molecule has 0 heterocycles. The highest BCUT2D eigenvalue weighted by Gasteiger charge is 2.15. The van der Waals surface area contributed by atoms with E-state index in [2.05, 4.69) is 0 Å². The monoisotopic (exact) mass is 274 g/mol. The first-order chi connectivity index (χ1) is 8.97. The van der Waals surface area contributed by atoms with Gasteiger partial charge < -0.3 is 4.74 Å². The molecule has 0 amide bonds. The standard InChI is InChI=1S/C14H17F3O2/c1-3-19-12(18)7-5-4-6-10-8-11(15)9(2)13(16)14(10)17/h8H,3-7H2,1-2H3. The van der Waals surface area contributed by atoms with Crippen molar-refractivity contribution in [2.45, 2.75) is 39.5 Å². The van der Waals surface area contributed by atoms with Crippen LogP contribution in [0.1, 0.15) is 37.3 Å². The zero-order valence-electron chi connectivity index (χ0n) is 11.1. The molecule has 1 aromatic rings. The minimum absolute atomic E-state index is 0.00413. The Kier molecular flexibility index (Phi) is 5.86. The van der Waals surface area contributed by atoms with Crippen molar-refractivity contribution in [2.24, 2.45) is 0 Å². The van der Waals surface area contributed by atoms with Crippen molar-refractivity contribution in [2.75, 3.05) is 6.61 Å². The lowest BCUT2D eigenvalue weighted by Gasteiger charge is -2.07. The van der Waals surface area contributed by atoms with Gasteiger partial charge in [-0.05, 0) is 44.7 Å². The van der Waals surface area contributed by atoms with E-state index < -0.39 is 17.5 Å². The van der Waals surface area contributed by atoms with Crippen molar-refractivity contribution in [1.29, 1.82) is 0 Å². The number of benzene rings is 1. The Labute approximate surface area is 110 Å². The molecule has 0 radical (unpaired) electrons. The summed E-state index contributed by atoms with van der Waals surface area (Å²) in [5.41, 5.74) is -0.308. The third-order valence-electron chi connectivity index (χ3n) is 2.85. The van der Waals surface area contributed by atoms with E-state index in [0.717, 1.165) is 6.07 Å². The Bertz CT molecular complexity index is 458. The Morgan fingerprint density at radius 1 is 1.21 bits per heavy atom. The van der Waals surface area contributed by atoms with E-state index in [-0.39, 0.29) is 29.9 Å². The van der Waals surface area contributed by atoms with Crippen LogP contribution in [0, 0.1) is 24.4 Å². The summed E-state index contributed by atoms with van der Waals surface area (Å²) >= 11 is 0. The number of halogens is 3. The van der Waals surface area contributed by atoms with Gasteiger partial charge in [0.1, 0.15) is 5.82 Å². The second-order valence-electron chi connectivity index (χ2n) is 4.28. The van der Waals surface area contributed by atoms with Crippen LogP contribution in [0.25, 0.3) is 0 Å². The highest BCUT2D eigenvalue weighted by atomic mass is 19.2. The van der Waals surface area contributed by atoms with Gasteiger partial charge in [-0.2, -0.15) is 0 Å². The summed E-state index contributed by atoms with van der Waals surface area (Å²) in [7, 11) is 0. The van der Waals surface area contributed by atoms with Crippen molar-refractivity contribution < 1.29 is 22.7 Å². The van der Waals surface area contributed by atoms with Gasteiger partial charge in [-0.25, -0.2) is 13.2 Å². The van der Waals surface area contributed by atoms with Crippen LogP contribution in [0.5, 0.6) is 0 Å². The molecule has 1 rings (SSSR count). The molecule has 106 valence electrons. The van der Waals surface area contributed by atoms with Gasteiger partial charge in [0.2, 0.25) is 0 Å². The quantitative estimate of drug-likeness (QED) is 0.449. The number of rotatable bonds is 6. The number of hydrogen-bond acceptors (Lipinski definition) is 2. The van der Waals surface area contributed by atoms with Crippen molar-refractivity contribution in [3.63, 3.8) is 0 Å². The average molecular weight is 274 g/mol. The minimum Gasteiger partial charge on any atom is -0.466 e. The molecule has 0 aliphatic carbocycles. The van der Waals surface area contributed by atoms with Crippen LogP contribution in [0.2, 0.25) is 0 Å². The number of carbonyl (C=O) groups excluding carboxylic acids is 1. The maximum atomic E-state index is 13.5. The molecule has 0 aliphatic heterocycles. The largest absolute Gasteiger partial charge is 0.466 e. The summed E-state index contributed by atoms with van der Waals surface area (Å²) in [5.74, 6) is -3.21. The molecule has 0 spiro atoms. The lowest BCUT2D eigenvalue weighted by atomic mass is 10.0. The fraction of sp³-hybridized carbons (Fsp3) is 0.500. The number of aryl methyl sites for hydroxylation is 1. The normalized spacial score (nSPS) is 10.6. The number of ether oxygens (including phenoxy) is 1. The van der Waals surface area contributed by atoms with Gasteiger partial charge in [0.05, 0.1) is 6.61 Å². The molecule has 0 aliphatic rings. The Morgan fingerprint density at radius 2 is 1.89 bits per heavy atom.